The Labute approximate surface area is 103 Å². The largest absolute Gasteiger partial charge is 0.276 e. The molecule has 17 heavy (non-hydrogen) atoms. The first-order chi connectivity index (χ1) is 7.69. The summed E-state index contributed by atoms with van der Waals surface area (Å²) in [7, 11) is 0. The van der Waals surface area contributed by atoms with Gasteiger partial charge in [-0.25, -0.2) is 4.98 Å². The molecule has 92 valence electrons. The summed E-state index contributed by atoms with van der Waals surface area (Å²) in [6.45, 7) is 13.3. The smallest absolute Gasteiger partial charge is 0.108 e. The number of nitrogens with one attached hydrogen (secondary N) is 1. The summed E-state index contributed by atoms with van der Waals surface area (Å²) in [6, 6.07) is 2.19. The topological polar surface area (TPSA) is 41.6 Å². The van der Waals surface area contributed by atoms with Crippen molar-refractivity contribution in [3.05, 3.63) is 23.5 Å². The van der Waals surface area contributed by atoms with Gasteiger partial charge in [-0.15, -0.1) is 0 Å². The summed E-state index contributed by atoms with van der Waals surface area (Å²) in [5, 5.41) is 7.06. The number of hydrogen-bond donors (Lipinski definition) is 1. The summed E-state index contributed by atoms with van der Waals surface area (Å²) in [5.41, 5.74) is 4.56. The Morgan fingerprint density at radius 2 is 1.65 bits per heavy atom. The number of aromatic amines is 1. The molecule has 1 N–H and O–H groups in total. The number of aromatic nitrogens is 3. The van der Waals surface area contributed by atoms with Crippen molar-refractivity contribution in [2.75, 3.05) is 0 Å². The Hall–Kier alpha value is -1.38. The fraction of sp³-hybridized carbons (Fsp3) is 0.571. The van der Waals surface area contributed by atoms with E-state index in [0.717, 1.165) is 11.0 Å². The second-order valence-corrected chi connectivity index (χ2v) is 6.69. The first-order valence-electron chi connectivity index (χ1n) is 6.05. The molecule has 0 radical (unpaired) electrons. The highest BCUT2D eigenvalue weighted by atomic mass is 15.1. The van der Waals surface area contributed by atoms with Gasteiger partial charge in [0, 0.05) is 5.41 Å². The summed E-state index contributed by atoms with van der Waals surface area (Å²) in [5.74, 6) is 0. The third-order valence-corrected chi connectivity index (χ3v) is 2.94. The molecule has 0 saturated heterocycles. The monoisotopic (exact) mass is 231 g/mol. The van der Waals surface area contributed by atoms with Crippen LogP contribution in [0.25, 0.3) is 11.0 Å². The molecule has 0 saturated carbocycles. The highest BCUT2D eigenvalue weighted by Crippen LogP contribution is 2.34. The summed E-state index contributed by atoms with van der Waals surface area (Å²) >= 11 is 0. The second kappa shape index (κ2) is 3.56. The van der Waals surface area contributed by atoms with Gasteiger partial charge in [0.2, 0.25) is 0 Å². The van der Waals surface area contributed by atoms with Gasteiger partial charge in [-0.1, -0.05) is 41.5 Å². The quantitative estimate of drug-likeness (QED) is 0.753. The summed E-state index contributed by atoms with van der Waals surface area (Å²) in [4.78, 5) is 4.78. The fourth-order valence-corrected chi connectivity index (χ4v) is 2.02. The van der Waals surface area contributed by atoms with Gasteiger partial charge in [-0.2, -0.15) is 5.10 Å². The van der Waals surface area contributed by atoms with Gasteiger partial charge in [-0.05, 0) is 17.0 Å². The van der Waals surface area contributed by atoms with Crippen LogP contribution in [0.2, 0.25) is 0 Å². The minimum absolute atomic E-state index is 0.0497. The number of nitrogens with zero attached hydrogens (tertiary/aromatic N) is 2. The van der Waals surface area contributed by atoms with Crippen molar-refractivity contribution in [2.45, 2.75) is 52.4 Å². The van der Waals surface area contributed by atoms with Crippen molar-refractivity contribution in [1.82, 2.24) is 15.2 Å². The highest BCUT2D eigenvalue weighted by molar-refractivity contribution is 5.75. The van der Waals surface area contributed by atoms with Crippen LogP contribution in [0.4, 0.5) is 0 Å². The van der Waals surface area contributed by atoms with E-state index < -0.39 is 0 Å². The Kier molecular flexibility index (Phi) is 2.53. The molecule has 0 bridgehead atoms. The van der Waals surface area contributed by atoms with E-state index in [1.54, 1.807) is 6.20 Å². The molecule has 0 atom stereocenters. The lowest BCUT2D eigenvalue weighted by atomic mass is 9.78. The van der Waals surface area contributed by atoms with Crippen LogP contribution in [0.3, 0.4) is 0 Å². The first-order valence-corrected chi connectivity index (χ1v) is 6.05. The summed E-state index contributed by atoms with van der Waals surface area (Å²) in [6.07, 6.45) is 1.79. The maximum Gasteiger partial charge on any atom is 0.108 e. The van der Waals surface area contributed by atoms with Crippen LogP contribution in [0, 0.1) is 0 Å². The molecule has 2 rings (SSSR count). The molecular weight excluding hydrogens is 210 g/mol. The average Bonchev–Trinajstić information content (AvgIpc) is 2.59. The minimum Gasteiger partial charge on any atom is -0.276 e. The SMILES string of the molecule is CC(C)(C)c1cc2[nH]ncc2nc1C(C)(C)C. The molecule has 2 aromatic heterocycles. The van der Waals surface area contributed by atoms with Crippen LogP contribution >= 0.6 is 0 Å². The molecule has 0 aromatic carbocycles. The fourth-order valence-electron chi connectivity index (χ4n) is 2.02. The molecule has 2 aromatic rings. The van der Waals surface area contributed by atoms with E-state index in [1.165, 1.54) is 11.3 Å². The molecule has 0 aliphatic rings. The maximum atomic E-state index is 4.78. The third-order valence-electron chi connectivity index (χ3n) is 2.94. The third kappa shape index (κ3) is 2.19. The zero-order valence-electron chi connectivity index (χ0n) is 11.5. The van der Waals surface area contributed by atoms with Crippen LogP contribution < -0.4 is 0 Å². The Morgan fingerprint density at radius 3 is 2.18 bits per heavy atom. The van der Waals surface area contributed by atoms with E-state index in [2.05, 4.69) is 57.8 Å². The van der Waals surface area contributed by atoms with E-state index in [1.807, 2.05) is 0 Å². The van der Waals surface area contributed by atoms with Gasteiger partial charge in [0.05, 0.1) is 17.4 Å². The second-order valence-electron chi connectivity index (χ2n) is 6.69. The number of rotatable bonds is 0. The average molecular weight is 231 g/mol. The molecule has 0 fully saturated rings. The number of pyridine rings is 1. The van der Waals surface area contributed by atoms with Crippen molar-refractivity contribution in [2.24, 2.45) is 0 Å². The van der Waals surface area contributed by atoms with Gasteiger partial charge in [0.15, 0.2) is 0 Å². The van der Waals surface area contributed by atoms with E-state index in [-0.39, 0.29) is 10.8 Å². The molecular formula is C14H21N3. The molecule has 0 amide bonds. The van der Waals surface area contributed by atoms with E-state index in [4.69, 9.17) is 4.98 Å². The van der Waals surface area contributed by atoms with E-state index in [0.29, 0.717) is 0 Å². The van der Waals surface area contributed by atoms with Gasteiger partial charge in [0.1, 0.15) is 5.52 Å². The predicted octanol–water partition coefficient (Wildman–Crippen LogP) is 3.55. The van der Waals surface area contributed by atoms with Crippen molar-refractivity contribution < 1.29 is 0 Å². The van der Waals surface area contributed by atoms with Crippen LogP contribution in [0.5, 0.6) is 0 Å². The van der Waals surface area contributed by atoms with Crippen LogP contribution in [0.1, 0.15) is 52.8 Å². The Balaban J connectivity index is 2.78. The molecule has 0 spiro atoms. The van der Waals surface area contributed by atoms with Crippen LogP contribution in [-0.4, -0.2) is 15.2 Å². The van der Waals surface area contributed by atoms with Crippen molar-refractivity contribution in [3.8, 4) is 0 Å². The Bertz CT molecular complexity index is 491. The highest BCUT2D eigenvalue weighted by Gasteiger charge is 2.27. The van der Waals surface area contributed by atoms with Gasteiger partial charge >= 0.3 is 0 Å². The van der Waals surface area contributed by atoms with E-state index >= 15 is 0 Å². The molecule has 0 aliphatic heterocycles. The van der Waals surface area contributed by atoms with Crippen molar-refractivity contribution in [1.29, 1.82) is 0 Å². The van der Waals surface area contributed by atoms with Crippen molar-refractivity contribution in [3.63, 3.8) is 0 Å². The number of hydrogen-bond acceptors (Lipinski definition) is 2. The first kappa shape index (κ1) is 12.1. The maximum absolute atomic E-state index is 4.78. The van der Waals surface area contributed by atoms with Crippen LogP contribution in [0.15, 0.2) is 12.3 Å². The predicted molar refractivity (Wildman–Crippen MR) is 71.3 cm³/mol. The van der Waals surface area contributed by atoms with Gasteiger partial charge in [0.25, 0.3) is 0 Å². The van der Waals surface area contributed by atoms with E-state index in [9.17, 15) is 0 Å². The lowest BCUT2D eigenvalue weighted by molar-refractivity contribution is 0.516. The van der Waals surface area contributed by atoms with Gasteiger partial charge < -0.3 is 0 Å². The molecule has 2 heterocycles. The molecule has 3 nitrogen and oxygen atoms in total. The standard InChI is InChI=1S/C14H21N3/c1-13(2,3)9-7-10-11(8-15-17-10)16-12(9)14(4,5)6/h7-8H,1-6H3,(H,15,17). The number of H-pyrrole nitrogens is 1. The molecule has 0 aliphatic carbocycles. The number of fused-ring (bicyclic) bond motifs is 1. The normalized spacial score (nSPS) is 13.3. The zero-order chi connectivity index (χ0) is 12.8. The lowest BCUT2D eigenvalue weighted by Gasteiger charge is -2.28. The summed E-state index contributed by atoms with van der Waals surface area (Å²) < 4.78 is 0. The zero-order valence-corrected chi connectivity index (χ0v) is 11.5. The molecule has 3 heteroatoms. The lowest BCUT2D eigenvalue weighted by Crippen LogP contribution is -2.23. The van der Waals surface area contributed by atoms with Crippen molar-refractivity contribution >= 4 is 11.0 Å². The molecule has 0 unspecified atom stereocenters. The van der Waals surface area contributed by atoms with Crippen LogP contribution in [-0.2, 0) is 10.8 Å². The minimum atomic E-state index is 0.0497. The Morgan fingerprint density at radius 1 is 1.00 bits per heavy atom. The van der Waals surface area contributed by atoms with Gasteiger partial charge in [-0.3, -0.25) is 5.10 Å².